The van der Waals surface area contributed by atoms with Crippen molar-refractivity contribution in [2.75, 3.05) is 0 Å². The van der Waals surface area contributed by atoms with Crippen LogP contribution in [0.5, 0.6) is 0 Å². The van der Waals surface area contributed by atoms with E-state index in [1.54, 1.807) is 12.1 Å². The van der Waals surface area contributed by atoms with Crippen LogP contribution in [0.1, 0.15) is 49.1 Å². The maximum Gasteiger partial charge on any atom is 0.123 e. The molecule has 2 unspecified atom stereocenters. The third-order valence-corrected chi connectivity index (χ3v) is 3.56. The Morgan fingerprint density at radius 2 is 1.88 bits per heavy atom. The molecule has 2 heteroatoms. The smallest absolute Gasteiger partial charge is 0.123 e. The van der Waals surface area contributed by atoms with Gasteiger partial charge in [-0.2, -0.15) is 0 Å². The first-order valence-corrected chi connectivity index (χ1v) is 6.19. The lowest BCUT2D eigenvalue weighted by atomic mass is 9.87. The molecule has 0 heterocycles. The lowest BCUT2D eigenvalue weighted by Gasteiger charge is -2.22. The second-order valence-electron chi connectivity index (χ2n) is 4.97. The summed E-state index contributed by atoms with van der Waals surface area (Å²) < 4.78 is 13.4. The number of hydrogen-bond acceptors (Lipinski definition) is 1. The molecule has 0 radical (unpaired) electrons. The molecule has 88 valence electrons. The molecule has 2 atom stereocenters. The fraction of sp³-hybridized carbons (Fsp3) is 0.571. The molecule has 2 rings (SSSR count). The Labute approximate surface area is 96.9 Å². The minimum absolute atomic E-state index is 0.133. The van der Waals surface area contributed by atoms with E-state index in [2.05, 4.69) is 6.07 Å². The van der Waals surface area contributed by atoms with E-state index in [1.807, 2.05) is 6.92 Å². The van der Waals surface area contributed by atoms with E-state index in [-0.39, 0.29) is 11.9 Å². The van der Waals surface area contributed by atoms with Gasteiger partial charge in [0, 0.05) is 6.04 Å². The summed E-state index contributed by atoms with van der Waals surface area (Å²) >= 11 is 0. The van der Waals surface area contributed by atoms with Crippen molar-refractivity contribution in [3.05, 3.63) is 35.1 Å². The molecule has 1 nitrogen and oxygen atoms in total. The Hall–Kier alpha value is -0.890. The lowest BCUT2D eigenvalue weighted by molar-refractivity contribution is 0.501. The first-order valence-electron chi connectivity index (χ1n) is 6.19. The van der Waals surface area contributed by atoms with Crippen LogP contribution in [-0.2, 0) is 0 Å². The first-order chi connectivity index (χ1) is 7.66. The van der Waals surface area contributed by atoms with Crippen LogP contribution in [-0.4, -0.2) is 6.04 Å². The summed E-state index contributed by atoms with van der Waals surface area (Å²) in [5.74, 6) is 0.211. The summed E-state index contributed by atoms with van der Waals surface area (Å²) in [6.07, 6.45) is 5.86. The van der Waals surface area contributed by atoms with Gasteiger partial charge in [-0.15, -0.1) is 0 Å². The van der Waals surface area contributed by atoms with Crippen LogP contribution < -0.4 is 5.73 Å². The van der Waals surface area contributed by atoms with Crippen molar-refractivity contribution >= 4 is 0 Å². The van der Waals surface area contributed by atoms with Crippen molar-refractivity contribution in [2.45, 2.75) is 51.0 Å². The van der Waals surface area contributed by atoms with E-state index in [9.17, 15) is 4.39 Å². The van der Waals surface area contributed by atoms with Crippen molar-refractivity contribution in [2.24, 2.45) is 5.73 Å². The van der Waals surface area contributed by atoms with Crippen molar-refractivity contribution in [3.8, 4) is 0 Å². The van der Waals surface area contributed by atoms with E-state index in [0.717, 1.165) is 24.0 Å². The fourth-order valence-electron chi connectivity index (χ4n) is 2.73. The van der Waals surface area contributed by atoms with Crippen LogP contribution in [0.15, 0.2) is 18.2 Å². The highest BCUT2D eigenvalue weighted by Crippen LogP contribution is 2.31. The number of rotatable bonds is 1. The van der Waals surface area contributed by atoms with Crippen LogP contribution >= 0.6 is 0 Å². The van der Waals surface area contributed by atoms with Crippen molar-refractivity contribution < 1.29 is 4.39 Å². The van der Waals surface area contributed by atoms with Crippen LogP contribution in [0, 0.1) is 12.7 Å². The molecule has 0 bridgehead atoms. The molecule has 0 amide bonds. The molecule has 1 aromatic rings. The summed E-state index contributed by atoms with van der Waals surface area (Å²) in [5.41, 5.74) is 8.27. The van der Waals surface area contributed by atoms with Gasteiger partial charge in [-0.1, -0.05) is 25.3 Å². The Balaban J connectivity index is 2.26. The van der Waals surface area contributed by atoms with Crippen LogP contribution in [0.4, 0.5) is 4.39 Å². The fourth-order valence-corrected chi connectivity index (χ4v) is 2.73. The Kier molecular flexibility index (Phi) is 3.59. The largest absolute Gasteiger partial charge is 0.327 e. The zero-order valence-corrected chi connectivity index (χ0v) is 9.88. The topological polar surface area (TPSA) is 26.0 Å². The average molecular weight is 221 g/mol. The predicted octanol–water partition coefficient (Wildman–Crippen LogP) is 3.51. The molecular weight excluding hydrogens is 201 g/mol. The summed E-state index contributed by atoms with van der Waals surface area (Å²) in [5, 5.41) is 0. The van der Waals surface area contributed by atoms with E-state index in [4.69, 9.17) is 5.73 Å². The Morgan fingerprint density at radius 1 is 1.12 bits per heavy atom. The molecule has 0 spiro atoms. The number of halogens is 1. The predicted molar refractivity (Wildman–Crippen MR) is 64.9 cm³/mol. The average Bonchev–Trinajstić information content (AvgIpc) is 2.41. The Morgan fingerprint density at radius 3 is 2.62 bits per heavy atom. The van der Waals surface area contributed by atoms with Gasteiger partial charge in [0.25, 0.3) is 0 Å². The summed E-state index contributed by atoms with van der Waals surface area (Å²) in [7, 11) is 0. The van der Waals surface area contributed by atoms with Crippen molar-refractivity contribution in [1.29, 1.82) is 0 Å². The van der Waals surface area contributed by atoms with Gasteiger partial charge in [0.15, 0.2) is 0 Å². The second kappa shape index (κ2) is 4.96. The van der Waals surface area contributed by atoms with Crippen molar-refractivity contribution in [3.63, 3.8) is 0 Å². The highest BCUT2D eigenvalue weighted by Gasteiger charge is 2.22. The van der Waals surface area contributed by atoms with Crippen LogP contribution in [0.3, 0.4) is 0 Å². The highest BCUT2D eigenvalue weighted by molar-refractivity contribution is 5.28. The number of benzene rings is 1. The lowest BCUT2D eigenvalue weighted by Crippen LogP contribution is -2.27. The van der Waals surface area contributed by atoms with Crippen molar-refractivity contribution in [1.82, 2.24) is 0 Å². The molecule has 2 N–H and O–H groups in total. The van der Waals surface area contributed by atoms with Crippen LogP contribution in [0.2, 0.25) is 0 Å². The monoisotopic (exact) mass is 221 g/mol. The highest BCUT2D eigenvalue weighted by atomic mass is 19.1. The molecule has 1 saturated carbocycles. The van der Waals surface area contributed by atoms with E-state index >= 15 is 0 Å². The second-order valence-corrected chi connectivity index (χ2v) is 4.97. The third kappa shape index (κ3) is 2.62. The molecule has 0 aliphatic heterocycles. The van der Waals surface area contributed by atoms with Gasteiger partial charge < -0.3 is 5.73 Å². The Bertz CT molecular complexity index is 342. The molecular formula is C14H20FN. The van der Waals surface area contributed by atoms with E-state index < -0.39 is 0 Å². The minimum atomic E-state index is -0.133. The van der Waals surface area contributed by atoms with Gasteiger partial charge in [-0.25, -0.2) is 4.39 Å². The normalized spacial score (nSPS) is 26.4. The first kappa shape index (κ1) is 11.6. The zero-order valence-electron chi connectivity index (χ0n) is 9.88. The molecule has 1 fully saturated rings. The van der Waals surface area contributed by atoms with Crippen LogP contribution in [0.25, 0.3) is 0 Å². The summed E-state index contributed by atoms with van der Waals surface area (Å²) in [6, 6.07) is 5.51. The molecule has 0 saturated heterocycles. The van der Waals surface area contributed by atoms with Gasteiger partial charge >= 0.3 is 0 Å². The van der Waals surface area contributed by atoms with E-state index in [0.29, 0.717) is 5.92 Å². The maximum absolute atomic E-state index is 13.4. The summed E-state index contributed by atoms with van der Waals surface area (Å²) in [6.45, 7) is 1.94. The van der Waals surface area contributed by atoms with E-state index in [1.165, 1.54) is 19.3 Å². The maximum atomic E-state index is 13.4. The quantitative estimate of drug-likeness (QED) is 0.721. The van der Waals surface area contributed by atoms with Gasteiger partial charge in [0.2, 0.25) is 0 Å². The SMILES string of the molecule is Cc1cc(F)cc(C2CCCCCC2N)c1. The van der Waals surface area contributed by atoms with Gasteiger partial charge in [0.1, 0.15) is 5.82 Å². The molecule has 1 aliphatic rings. The van der Waals surface area contributed by atoms with Gasteiger partial charge in [0.05, 0.1) is 0 Å². The third-order valence-electron chi connectivity index (χ3n) is 3.56. The van der Waals surface area contributed by atoms with Gasteiger partial charge in [-0.3, -0.25) is 0 Å². The molecule has 16 heavy (non-hydrogen) atoms. The minimum Gasteiger partial charge on any atom is -0.327 e. The van der Waals surface area contributed by atoms with Gasteiger partial charge in [-0.05, 0) is 48.9 Å². The standard InChI is InChI=1S/C14H20FN/c1-10-7-11(9-12(15)8-10)13-5-3-2-4-6-14(13)16/h7-9,13-14H,2-6,16H2,1H3. The zero-order chi connectivity index (χ0) is 11.5. The molecule has 1 aromatic carbocycles. The summed E-state index contributed by atoms with van der Waals surface area (Å²) in [4.78, 5) is 0. The number of nitrogens with two attached hydrogens (primary N) is 1. The number of aryl methyl sites for hydroxylation is 1. The number of hydrogen-bond donors (Lipinski definition) is 1. The molecule has 0 aromatic heterocycles. The molecule has 1 aliphatic carbocycles.